The number of nitrogens with zero attached hydrogens (tertiary/aromatic N) is 3. The molecule has 0 saturated heterocycles. The molecular weight excluding hydrogens is 485 g/mol. The number of halogens is 10. The third-order valence-corrected chi connectivity index (χ3v) is 4.28. The molecule has 0 aliphatic heterocycles. The van der Waals surface area contributed by atoms with Crippen LogP contribution in [0.5, 0.6) is 0 Å². The maximum absolute atomic E-state index is 13.3. The third-order valence-electron chi connectivity index (χ3n) is 3.88. The Kier molecular flexibility index (Phi) is 6.90. The number of benzene rings is 1. The maximum atomic E-state index is 13.3. The zero-order valence-corrected chi connectivity index (χ0v) is 16.4. The lowest BCUT2D eigenvalue weighted by Crippen LogP contribution is -2.31. The van der Waals surface area contributed by atoms with Crippen molar-refractivity contribution < 1.29 is 44.3 Å². The SMILES string of the molecule is C=Cn1c(N(COC)c2cc(C(F)(F)F)cc(C(F)(F)F)c2Cl)nc(C(F)(F)F)cc1=O. The van der Waals surface area contributed by atoms with E-state index in [1.54, 1.807) is 0 Å². The standard InChI is InChI=1S/C17H11ClF9N3O2/c1-3-29-12(31)6-11(17(25,26)27)28-14(29)30(7-32-2)10-5-8(15(19,20)21)4-9(13(10)18)16(22,23)24/h3-6H,1,7H2,2H3. The van der Waals surface area contributed by atoms with Crippen molar-refractivity contribution in [3.63, 3.8) is 0 Å². The zero-order valence-electron chi connectivity index (χ0n) is 15.7. The summed E-state index contributed by atoms with van der Waals surface area (Å²) in [6.07, 6.45) is -15.1. The fraction of sp³-hybridized carbons (Fsp3) is 0.294. The van der Waals surface area contributed by atoms with Gasteiger partial charge in [-0.1, -0.05) is 18.2 Å². The van der Waals surface area contributed by atoms with Gasteiger partial charge in [-0.25, -0.2) is 4.98 Å². The number of hydrogen-bond donors (Lipinski definition) is 0. The van der Waals surface area contributed by atoms with E-state index in [1.807, 2.05) is 0 Å². The van der Waals surface area contributed by atoms with Gasteiger partial charge in [0.2, 0.25) is 5.95 Å². The number of aromatic nitrogens is 2. The van der Waals surface area contributed by atoms with Crippen LogP contribution in [0.3, 0.4) is 0 Å². The fourth-order valence-corrected chi connectivity index (χ4v) is 2.84. The quantitative estimate of drug-likeness (QED) is 0.389. The van der Waals surface area contributed by atoms with E-state index in [0.717, 1.165) is 7.11 Å². The fourth-order valence-electron chi connectivity index (χ4n) is 2.53. The Morgan fingerprint density at radius 1 is 1.06 bits per heavy atom. The Hall–Kier alpha value is -2.74. The van der Waals surface area contributed by atoms with Crippen molar-refractivity contribution in [1.82, 2.24) is 9.55 Å². The van der Waals surface area contributed by atoms with Gasteiger partial charge in [-0.15, -0.1) is 0 Å². The molecule has 0 amide bonds. The second-order valence-electron chi connectivity index (χ2n) is 6.03. The molecule has 5 nitrogen and oxygen atoms in total. The van der Waals surface area contributed by atoms with Gasteiger partial charge in [0.25, 0.3) is 5.56 Å². The predicted octanol–water partition coefficient (Wildman–Crippen LogP) is 5.80. The Labute approximate surface area is 178 Å². The molecule has 0 radical (unpaired) electrons. The monoisotopic (exact) mass is 495 g/mol. The van der Waals surface area contributed by atoms with Crippen LogP contribution in [0.25, 0.3) is 6.20 Å². The van der Waals surface area contributed by atoms with Crippen LogP contribution in [0, 0.1) is 0 Å². The average molecular weight is 496 g/mol. The summed E-state index contributed by atoms with van der Waals surface area (Å²) in [6, 6.07) is -0.0154. The van der Waals surface area contributed by atoms with E-state index in [0.29, 0.717) is 15.7 Å². The predicted molar refractivity (Wildman–Crippen MR) is 95.4 cm³/mol. The molecule has 176 valence electrons. The molecule has 2 aromatic rings. The summed E-state index contributed by atoms with van der Waals surface area (Å²) in [5.41, 5.74) is -7.89. The molecule has 0 fully saturated rings. The lowest BCUT2D eigenvalue weighted by molar-refractivity contribution is -0.143. The highest BCUT2D eigenvalue weighted by Gasteiger charge is 2.41. The molecule has 0 aliphatic rings. The second-order valence-corrected chi connectivity index (χ2v) is 6.41. The van der Waals surface area contributed by atoms with Crippen LogP contribution in [0.4, 0.5) is 51.1 Å². The summed E-state index contributed by atoms with van der Waals surface area (Å²) in [4.78, 5) is 15.6. The van der Waals surface area contributed by atoms with Crippen molar-refractivity contribution in [3.05, 3.63) is 57.0 Å². The number of rotatable bonds is 5. The number of hydrogen-bond acceptors (Lipinski definition) is 4. The molecule has 0 bridgehead atoms. The minimum absolute atomic E-state index is 0.0745. The number of ether oxygens (including phenoxy) is 1. The second kappa shape index (κ2) is 8.65. The molecular formula is C17H11ClF9N3O2. The minimum Gasteiger partial charge on any atom is -0.364 e. The summed E-state index contributed by atoms with van der Waals surface area (Å²) < 4.78 is 124. The lowest BCUT2D eigenvalue weighted by atomic mass is 10.1. The van der Waals surface area contributed by atoms with Gasteiger partial charge in [0.1, 0.15) is 6.73 Å². The van der Waals surface area contributed by atoms with Crippen LogP contribution < -0.4 is 10.5 Å². The van der Waals surface area contributed by atoms with Crippen molar-refractivity contribution in [3.8, 4) is 0 Å². The van der Waals surface area contributed by atoms with E-state index in [-0.39, 0.29) is 18.2 Å². The summed E-state index contributed by atoms with van der Waals surface area (Å²) in [5, 5.41) is -1.29. The highest BCUT2D eigenvalue weighted by atomic mass is 35.5. The van der Waals surface area contributed by atoms with Crippen molar-refractivity contribution in [2.45, 2.75) is 18.5 Å². The minimum atomic E-state index is -5.36. The van der Waals surface area contributed by atoms with Crippen LogP contribution in [0.2, 0.25) is 5.02 Å². The van der Waals surface area contributed by atoms with Gasteiger partial charge in [0.05, 0.1) is 21.8 Å². The first kappa shape index (κ1) is 25.5. The summed E-state index contributed by atoms with van der Waals surface area (Å²) in [6.45, 7) is 2.27. The molecule has 2 rings (SSSR count). The molecule has 0 saturated carbocycles. The smallest absolute Gasteiger partial charge is 0.364 e. The van der Waals surface area contributed by atoms with Gasteiger partial charge < -0.3 is 4.74 Å². The number of alkyl halides is 9. The average Bonchev–Trinajstić information content (AvgIpc) is 2.63. The van der Waals surface area contributed by atoms with Gasteiger partial charge >= 0.3 is 18.5 Å². The van der Waals surface area contributed by atoms with Crippen molar-refractivity contribution >= 4 is 29.4 Å². The van der Waals surface area contributed by atoms with Gasteiger partial charge in [-0.05, 0) is 12.1 Å². The first-order chi connectivity index (χ1) is 14.5. The van der Waals surface area contributed by atoms with Gasteiger partial charge in [0, 0.05) is 19.4 Å². The Morgan fingerprint density at radius 2 is 1.66 bits per heavy atom. The van der Waals surface area contributed by atoms with Gasteiger partial charge in [-0.3, -0.25) is 14.3 Å². The summed E-state index contributed by atoms with van der Waals surface area (Å²) >= 11 is 5.71. The Morgan fingerprint density at radius 3 is 2.09 bits per heavy atom. The first-order valence-corrected chi connectivity index (χ1v) is 8.48. The van der Waals surface area contributed by atoms with Crippen LogP contribution in [0.1, 0.15) is 16.8 Å². The molecule has 15 heteroatoms. The molecule has 0 spiro atoms. The van der Waals surface area contributed by atoms with Crippen LogP contribution in [-0.2, 0) is 23.3 Å². The van der Waals surface area contributed by atoms with Crippen LogP contribution in [0.15, 0.2) is 29.6 Å². The van der Waals surface area contributed by atoms with E-state index in [1.165, 1.54) is 0 Å². The van der Waals surface area contributed by atoms with E-state index in [4.69, 9.17) is 16.3 Å². The molecule has 1 aromatic heterocycles. The van der Waals surface area contributed by atoms with Gasteiger partial charge in [0.15, 0.2) is 5.69 Å². The Balaban J connectivity index is 2.97. The summed E-state index contributed by atoms with van der Waals surface area (Å²) in [5.74, 6) is -1.03. The van der Waals surface area contributed by atoms with E-state index < -0.39 is 64.3 Å². The van der Waals surface area contributed by atoms with Crippen LogP contribution >= 0.6 is 11.6 Å². The Bertz CT molecular complexity index is 1080. The number of methoxy groups -OCH3 is 1. The largest absolute Gasteiger partial charge is 0.433 e. The van der Waals surface area contributed by atoms with Crippen molar-refractivity contribution in [2.75, 3.05) is 18.7 Å². The normalized spacial score (nSPS) is 12.7. The molecule has 0 unspecified atom stereocenters. The van der Waals surface area contributed by atoms with Crippen molar-refractivity contribution in [1.29, 1.82) is 0 Å². The van der Waals surface area contributed by atoms with E-state index >= 15 is 0 Å². The number of anilines is 2. The van der Waals surface area contributed by atoms with E-state index in [2.05, 4.69) is 11.6 Å². The molecule has 32 heavy (non-hydrogen) atoms. The van der Waals surface area contributed by atoms with E-state index in [9.17, 15) is 44.3 Å². The molecule has 1 aromatic carbocycles. The molecule has 0 atom stereocenters. The topological polar surface area (TPSA) is 47.4 Å². The van der Waals surface area contributed by atoms with Gasteiger partial charge in [-0.2, -0.15) is 39.5 Å². The highest BCUT2D eigenvalue weighted by molar-refractivity contribution is 6.34. The first-order valence-electron chi connectivity index (χ1n) is 8.10. The van der Waals surface area contributed by atoms with Crippen LogP contribution in [-0.4, -0.2) is 23.4 Å². The third kappa shape index (κ3) is 5.18. The highest BCUT2D eigenvalue weighted by Crippen LogP contribution is 2.45. The lowest BCUT2D eigenvalue weighted by Gasteiger charge is -2.28. The summed E-state index contributed by atoms with van der Waals surface area (Å²) in [7, 11) is 0.948. The van der Waals surface area contributed by atoms with Crippen molar-refractivity contribution in [2.24, 2.45) is 0 Å². The molecule has 0 aliphatic carbocycles. The molecule has 1 heterocycles. The maximum Gasteiger partial charge on any atom is 0.433 e. The molecule has 0 N–H and O–H groups in total. The zero-order chi connectivity index (χ0) is 24.6.